The summed E-state index contributed by atoms with van der Waals surface area (Å²) in [6.45, 7) is 10.4. The number of hydrogen-bond acceptors (Lipinski definition) is 2. The number of aryl methyl sites for hydroxylation is 2. The maximum atomic E-state index is 4.72. The molecule has 0 spiro atoms. The number of aliphatic imine (C=N–C) groups is 1. The first-order valence-electron chi connectivity index (χ1n) is 9.05. The Morgan fingerprint density at radius 1 is 1.38 bits per heavy atom. The van der Waals surface area contributed by atoms with Crippen LogP contribution in [0, 0.1) is 19.8 Å². The molecule has 1 aliphatic rings. The Labute approximate surface area is 164 Å². The van der Waals surface area contributed by atoms with Crippen molar-refractivity contribution in [3.63, 3.8) is 0 Å². The number of nitrogens with one attached hydrogen (secondary N) is 2. The van der Waals surface area contributed by atoms with Gasteiger partial charge in [0.15, 0.2) is 5.96 Å². The SMILES string of the molecule is CCNC(=NCCCC1CC1)NC(C)Cc1c(C)nn(C)c1C.I. The fourth-order valence-electron chi connectivity index (χ4n) is 3.00. The van der Waals surface area contributed by atoms with E-state index in [4.69, 9.17) is 4.99 Å². The van der Waals surface area contributed by atoms with Crippen LogP contribution in [-0.2, 0) is 13.5 Å². The summed E-state index contributed by atoms with van der Waals surface area (Å²) in [6.07, 6.45) is 6.38. The van der Waals surface area contributed by atoms with E-state index in [0.29, 0.717) is 6.04 Å². The van der Waals surface area contributed by atoms with Gasteiger partial charge in [-0.25, -0.2) is 0 Å². The molecule has 1 aromatic rings. The lowest BCUT2D eigenvalue weighted by molar-refractivity contribution is 0.629. The first kappa shape index (κ1) is 21.3. The summed E-state index contributed by atoms with van der Waals surface area (Å²) in [5.41, 5.74) is 3.73. The summed E-state index contributed by atoms with van der Waals surface area (Å²) < 4.78 is 1.97. The molecule has 1 atom stereocenters. The van der Waals surface area contributed by atoms with E-state index in [1.54, 1.807) is 0 Å². The molecule has 6 heteroatoms. The van der Waals surface area contributed by atoms with E-state index in [0.717, 1.165) is 37.1 Å². The Morgan fingerprint density at radius 3 is 2.62 bits per heavy atom. The van der Waals surface area contributed by atoms with Gasteiger partial charge in [-0.2, -0.15) is 5.10 Å². The molecule has 2 N–H and O–H groups in total. The van der Waals surface area contributed by atoms with Gasteiger partial charge in [-0.05, 0) is 58.4 Å². The van der Waals surface area contributed by atoms with Crippen molar-refractivity contribution < 1.29 is 0 Å². The second-order valence-corrected chi connectivity index (χ2v) is 6.87. The van der Waals surface area contributed by atoms with Crippen LogP contribution in [0.1, 0.15) is 56.5 Å². The van der Waals surface area contributed by atoms with Gasteiger partial charge in [0, 0.05) is 31.9 Å². The lowest BCUT2D eigenvalue weighted by Gasteiger charge is -2.18. The topological polar surface area (TPSA) is 54.2 Å². The minimum absolute atomic E-state index is 0. The average molecular weight is 447 g/mol. The van der Waals surface area contributed by atoms with Gasteiger partial charge in [-0.3, -0.25) is 9.67 Å². The highest BCUT2D eigenvalue weighted by Crippen LogP contribution is 2.33. The largest absolute Gasteiger partial charge is 0.357 e. The summed E-state index contributed by atoms with van der Waals surface area (Å²) in [5, 5.41) is 11.4. The molecular weight excluding hydrogens is 413 g/mol. The molecule has 0 bridgehead atoms. The average Bonchev–Trinajstić information content (AvgIpc) is 3.28. The fourth-order valence-corrected chi connectivity index (χ4v) is 3.00. The summed E-state index contributed by atoms with van der Waals surface area (Å²) >= 11 is 0. The third kappa shape index (κ3) is 6.61. The van der Waals surface area contributed by atoms with E-state index < -0.39 is 0 Å². The van der Waals surface area contributed by atoms with E-state index in [1.165, 1.54) is 36.9 Å². The highest BCUT2D eigenvalue weighted by molar-refractivity contribution is 14.0. The smallest absolute Gasteiger partial charge is 0.191 e. The molecule has 138 valence electrons. The van der Waals surface area contributed by atoms with Crippen LogP contribution in [0.5, 0.6) is 0 Å². The van der Waals surface area contributed by atoms with Crippen LogP contribution in [0.3, 0.4) is 0 Å². The van der Waals surface area contributed by atoms with Gasteiger partial charge in [-0.1, -0.05) is 12.8 Å². The van der Waals surface area contributed by atoms with Gasteiger partial charge in [0.1, 0.15) is 0 Å². The lowest BCUT2D eigenvalue weighted by atomic mass is 10.1. The number of halogens is 1. The molecule has 1 fully saturated rings. The van der Waals surface area contributed by atoms with Crippen molar-refractivity contribution in [3.05, 3.63) is 17.0 Å². The van der Waals surface area contributed by atoms with Crippen LogP contribution in [0.2, 0.25) is 0 Å². The van der Waals surface area contributed by atoms with Crippen LogP contribution >= 0.6 is 24.0 Å². The normalized spacial score (nSPS) is 15.8. The Bertz CT molecular complexity index is 534. The van der Waals surface area contributed by atoms with Gasteiger partial charge in [0.25, 0.3) is 0 Å². The van der Waals surface area contributed by atoms with Crippen molar-refractivity contribution >= 4 is 29.9 Å². The van der Waals surface area contributed by atoms with Crippen LogP contribution in [-0.4, -0.2) is 34.9 Å². The zero-order valence-electron chi connectivity index (χ0n) is 15.9. The van der Waals surface area contributed by atoms with Crippen LogP contribution < -0.4 is 10.6 Å². The molecule has 5 nitrogen and oxygen atoms in total. The summed E-state index contributed by atoms with van der Waals surface area (Å²) in [7, 11) is 2.01. The van der Waals surface area contributed by atoms with Crippen molar-refractivity contribution in [2.75, 3.05) is 13.1 Å². The van der Waals surface area contributed by atoms with Crippen LogP contribution in [0.25, 0.3) is 0 Å². The van der Waals surface area contributed by atoms with Gasteiger partial charge in [0.05, 0.1) is 5.69 Å². The standard InChI is InChI=1S/C18H33N5.HI/c1-6-19-18(20-11-7-8-16-9-10-16)21-13(2)12-17-14(3)22-23(5)15(17)4;/h13,16H,6-12H2,1-5H3,(H2,19,20,21);1H. The molecule has 24 heavy (non-hydrogen) atoms. The highest BCUT2D eigenvalue weighted by atomic mass is 127. The quantitative estimate of drug-likeness (QED) is 0.278. The summed E-state index contributed by atoms with van der Waals surface area (Å²) in [6, 6.07) is 0.331. The Kier molecular flexibility index (Phi) is 9.08. The zero-order chi connectivity index (χ0) is 16.8. The molecule has 0 amide bonds. The molecule has 0 radical (unpaired) electrons. The number of aromatic nitrogens is 2. The van der Waals surface area contributed by atoms with Crippen molar-refractivity contribution in [2.45, 2.75) is 65.8 Å². The van der Waals surface area contributed by atoms with Gasteiger partial charge in [0.2, 0.25) is 0 Å². The molecule has 0 aliphatic heterocycles. The fraction of sp³-hybridized carbons (Fsp3) is 0.778. The first-order chi connectivity index (χ1) is 11.0. The molecular formula is C18H34IN5. The number of rotatable bonds is 8. The Morgan fingerprint density at radius 2 is 2.08 bits per heavy atom. The van der Waals surface area contributed by atoms with Crippen molar-refractivity contribution in [3.8, 4) is 0 Å². The molecule has 1 aliphatic carbocycles. The second kappa shape index (κ2) is 10.3. The molecule has 1 saturated carbocycles. The van der Waals surface area contributed by atoms with E-state index >= 15 is 0 Å². The first-order valence-corrected chi connectivity index (χ1v) is 9.05. The molecule has 2 rings (SSSR count). The van der Waals surface area contributed by atoms with E-state index in [-0.39, 0.29) is 24.0 Å². The van der Waals surface area contributed by atoms with E-state index in [2.05, 4.69) is 43.4 Å². The number of guanidine groups is 1. The monoisotopic (exact) mass is 447 g/mol. The minimum Gasteiger partial charge on any atom is -0.357 e. The molecule has 0 aromatic carbocycles. The molecule has 1 heterocycles. The maximum Gasteiger partial charge on any atom is 0.191 e. The molecule has 0 saturated heterocycles. The Balaban J connectivity index is 0.00000288. The predicted molar refractivity (Wildman–Crippen MR) is 112 cm³/mol. The van der Waals surface area contributed by atoms with Crippen molar-refractivity contribution in [1.29, 1.82) is 0 Å². The van der Waals surface area contributed by atoms with Gasteiger partial charge < -0.3 is 10.6 Å². The summed E-state index contributed by atoms with van der Waals surface area (Å²) in [4.78, 5) is 4.72. The predicted octanol–water partition coefficient (Wildman–Crippen LogP) is 3.33. The molecule has 1 aromatic heterocycles. The maximum absolute atomic E-state index is 4.72. The van der Waals surface area contributed by atoms with Crippen molar-refractivity contribution in [1.82, 2.24) is 20.4 Å². The van der Waals surface area contributed by atoms with E-state index in [9.17, 15) is 0 Å². The zero-order valence-corrected chi connectivity index (χ0v) is 18.2. The van der Waals surface area contributed by atoms with E-state index in [1.807, 2.05) is 11.7 Å². The third-order valence-corrected chi connectivity index (χ3v) is 4.63. The molecule has 1 unspecified atom stereocenters. The lowest BCUT2D eigenvalue weighted by Crippen LogP contribution is -2.43. The van der Waals surface area contributed by atoms with Crippen LogP contribution in [0.15, 0.2) is 4.99 Å². The van der Waals surface area contributed by atoms with Gasteiger partial charge in [-0.15, -0.1) is 24.0 Å². The number of hydrogen-bond donors (Lipinski definition) is 2. The third-order valence-electron chi connectivity index (χ3n) is 4.63. The van der Waals surface area contributed by atoms with Crippen LogP contribution in [0.4, 0.5) is 0 Å². The highest BCUT2D eigenvalue weighted by Gasteiger charge is 2.20. The van der Waals surface area contributed by atoms with Gasteiger partial charge >= 0.3 is 0 Å². The minimum atomic E-state index is 0. The second-order valence-electron chi connectivity index (χ2n) is 6.87. The number of nitrogens with zero attached hydrogens (tertiary/aromatic N) is 3. The van der Waals surface area contributed by atoms with Crippen molar-refractivity contribution in [2.24, 2.45) is 18.0 Å². The summed E-state index contributed by atoms with van der Waals surface area (Å²) in [5.74, 6) is 1.94. The Hall–Kier alpha value is -0.790.